The van der Waals surface area contributed by atoms with Crippen LogP contribution >= 0.6 is 0 Å². The predicted octanol–water partition coefficient (Wildman–Crippen LogP) is 3.66. The molecule has 2 aromatic carbocycles. The van der Waals surface area contributed by atoms with Gasteiger partial charge in [0.15, 0.2) is 0 Å². The van der Waals surface area contributed by atoms with E-state index in [1.807, 2.05) is 54.6 Å². The zero-order valence-electron chi connectivity index (χ0n) is 18.0. The molecule has 164 valence electrons. The van der Waals surface area contributed by atoms with Gasteiger partial charge in [0, 0.05) is 31.0 Å². The third-order valence-electron chi connectivity index (χ3n) is 4.97. The van der Waals surface area contributed by atoms with Gasteiger partial charge in [-0.1, -0.05) is 30.3 Å². The quantitative estimate of drug-likeness (QED) is 0.407. The number of aromatic nitrogens is 3. The number of hydrogen-bond acceptors (Lipinski definition) is 6. The highest BCUT2D eigenvalue weighted by Gasteiger charge is 2.21. The minimum atomic E-state index is -0.263. The predicted molar refractivity (Wildman–Crippen MR) is 125 cm³/mol. The van der Waals surface area contributed by atoms with Crippen LogP contribution in [0.15, 0.2) is 79.1 Å². The summed E-state index contributed by atoms with van der Waals surface area (Å²) in [6.45, 7) is 0.746. The first kappa shape index (κ1) is 21.6. The number of carbonyl (C=O) groups excluding carboxylic acids is 1. The van der Waals surface area contributed by atoms with E-state index in [-0.39, 0.29) is 5.91 Å². The van der Waals surface area contributed by atoms with Crippen LogP contribution in [0.1, 0.15) is 15.9 Å². The Morgan fingerprint density at radius 3 is 2.64 bits per heavy atom. The van der Waals surface area contributed by atoms with E-state index in [1.165, 1.54) is 0 Å². The molecule has 4 rings (SSSR count). The van der Waals surface area contributed by atoms with Gasteiger partial charge in [-0.25, -0.2) is 9.67 Å². The van der Waals surface area contributed by atoms with Gasteiger partial charge in [-0.15, -0.1) is 0 Å². The van der Waals surface area contributed by atoms with Crippen molar-refractivity contribution < 1.29 is 9.53 Å². The molecule has 0 unspecified atom stereocenters. The van der Waals surface area contributed by atoms with Gasteiger partial charge < -0.3 is 15.4 Å². The Labute approximate surface area is 191 Å². The van der Waals surface area contributed by atoms with Crippen LogP contribution in [0.2, 0.25) is 0 Å². The third kappa shape index (κ3) is 4.83. The molecule has 2 heterocycles. The van der Waals surface area contributed by atoms with Gasteiger partial charge in [-0.05, 0) is 36.4 Å². The van der Waals surface area contributed by atoms with E-state index < -0.39 is 0 Å². The molecule has 8 nitrogen and oxygen atoms in total. The van der Waals surface area contributed by atoms with Crippen LogP contribution < -0.4 is 15.4 Å². The second-order valence-corrected chi connectivity index (χ2v) is 7.07. The molecule has 0 aliphatic heterocycles. The molecule has 0 aliphatic rings. The van der Waals surface area contributed by atoms with Gasteiger partial charge in [0.05, 0.1) is 23.9 Å². The molecule has 2 N–H and O–H groups in total. The molecule has 1 amide bonds. The number of methoxy groups -OCH3 is 1. The van der Waals surface area contributed by atoms with Crippen molar-refractivity contribution in [2.24, 2.45) is 0 Å². The number of anilines is 1. The molecule has 2 aromatic heterocycles. The first-order valence-electron chi connectivity index (χ1n) is 10.4. The molecule has 0 saturated heterocycles. The van der Waals surface area contributed by atoms with Crippen molar-refractivity contribution in [1.82, 2.24) is 20.1 Å². The van der Waals surface area contributed by atoms with Crippen LogP contribution in [0.25, 0.3) is 16.9 Å². The number of benzene rings is 2. The van der Waals surface area contributed by atoms with Crippen LogP contribution in [0.3, 0.4) is 0 Å². The number of amides is 1. The van der Waals surface area contributed by atoms with Crippen LogP contribution in [-0.2, 0) is 0 Å². The Hall–Kier alpha value is -4.64. The lowest BCUT2D eigenvalue weighted by Gasteiger charge is -2.09. The molecule has 0 aliphatic carbocycles. The lowest BCUT2D eigenvalue weighted by atomic mass is 10.1. The molecule has 0 bridgehead atoms. The van der Waals surface area contributed by atoms with Gasteiger partial charge in [-0.3, -0.25) is 4.79 Å². The van der Waals surface area contributed by atoms with Crippen molar-refractivity contribution in [2.75, 3.05) is 25.5 Å². The van der Waals surface area contributed by atoms with Crippen LogP contribution in [0.5, 0.6) is 5.75 Å². The van der Waals surface area contributed by atoms with E-state index in [4.69, 9.17) is 9.84 Å². The summed E-state index contributed by atoms with van der Waals surface area (Å²) in [4.78, 5) is 17.3. The molecule has 0 radical (unpaired) electrons. The summed E-state index contributed by atoms with van der Waals surface area (Å²) in [6, 6.07) is 22.5. The van der Waals surface area contributed by atoms with E-state index in [0.29, 0.717) is 41.5 Å². The van der Waals surface area contributed by atoms with Crippen molar-refractivity contribution in [3.05, 3.63) is 90.3 Å². The van der Waals surface area contributed by atoms with Crippen LogP contribution in [0.4, 0.5) is 5.82 Å². The monoisotopic (exact) mass is 438 g/mol. The number of pyridine rings is 1. The molecular formula is C25H22N6O2. The maximum atomic E-state index is 13.1. The third-order valence-corrected chi connectivity index (χ3v) is 4.97. The van der Waals surface area contributed by atoms with Gasteiger partial charge in [0.25, 0.3) is 5.91 Å². The number of carbonyl (C=O) groups is 1. The van der Waals surface area contributed by atoms with E-state index in [2.05, 4.69) is 21.7 Å². The smallest absolute Gasteiger partial charge is 0.255 e. The average molecular weight is 438 g/mol. The Bertz CT molecular complexity index is 1290. The maximum absolute atomic E-state index is 13.1. The Morgan fingerprint density at radius 2 is 1.85 bits per heavy atom. The highest BCUT2D eigenvalue weighted by molar-refractivity contribution is 6.00. The largest absolute Gasteiger partial charge is 0.496 e. The molecule has 4 aromatic rings. The van der Waals surface area contributed by atoms with Crippen molar-refractivity contribution >= 4 is 11.7 Å². The molecule has 8 heteroatoms. The molecule has 0 fully saturated rings. The van der Waals surface area contributed by atoms with E-state index in [9.17, 15) is 10.1 Å². The van der Waals surface area contributed by atoms with Crippen molar-refractivity contribution in [2.45, 2.75) is 0 Å². The van der Waals surface area contributed by atoms with E-state index in [0.717, 1.165) is 11.3 Å². The zero-order valence-corrected chi connectivity index (χ0v) is 18.0. The van der Waals surface area contributed by atoms with Gasteiger partial charge in [0.1, 0.15) is 23.3 Å². The van der Waals surface area contributed by atoms with Crippen molar-refractivity contribution in [3.63, 3.8) is 0 Å². The average Bonchev–Trinajstić information content (AvgIpc) is 3.33. The number of nitrogens with one attached hydrogen (secondary N) is 2. The molecule has 0 spiro atoms. The first-order chi connectivity index (χ1) is 16.2. The second kappa shape index (κ2) is 10.1. The van der Waals surface area contributed by atoms with Crippen LogP contribution in [0, 0.1) is 11.3 Å². The van der Waals surface area contributed by atoms with Crippen molar-refractivity contribution in [1.29, 1.82) is 5.26 Å². The summed E-state index contributed by atoms with van der Waals surface area (Å²) < 4.78 is 7.18. The minimum Gasteiger partial charge on any atom is -0.496 e. The number of hydrogen-bond donors (Lipinski definition) is 2. The number of ether oxygens (including phenoxy) is 1. The molecule has 0 atom stereocenters. The summed E-state index contributed by atoms with van der Waals surface area (Å²) >= 11 is 0. The lowest BCUT2D eigenvalue weighted by Crippen LogP contribution is -2.29. The zero-order chi connectivity index (χ0) is 23.0. The standard InChI is InChI=1S/C25H22N6O2/c1-33-22-12-6-5-11-20(22)23-21(17-31(30-23)19-9-3-2-4-10-19)25(32)29-15-14-28-24-18(16-26)8-7-13-27-24/h2-13,17H,14-15H2,1H3,(H,27,28)(H,29,32). The van der Waals surface area contributed by atoms with Gasteiger partial charge in [-0.2, -0.15) is 10.4 Å². The summed E-state index contributed by atoms with van der Waals surface area (Å²) in [7, 11) is 1.59. The fraction of sp³-hybridized carbons (Fsp3) is 0.120. The number of nitriles is 1. The van der Waals surface area contributed by atoms with Crippen molar-refractivity contribution in [3.8, 4) is 28.8 Å². The Balaban J connectivity index is 1.56. The van der Waals surface area contributed by atoms with E-state index >= 15 is 0 Å². The summed E-state index contributed by atoms with van der Waals surface area (Å²) in [5.41, 5.74) is 2.97. The minimum absolute atomic E-state index is 0.263. The summed E-state index contributed by atoms with van der Waals surface area (Å²) in [5.74, 6) is 0.855. The fourth-order valence-corrected chi connectivity index (χ4v) is 3.38. The molecule has 0 saturated carbocycles. The lowest BCUT2D eigenvalue weighted by molar-refractivity contribution is 0.0956. The number of nitrogens with zero attached hydrogens (tertiary/aromatic N) is 4. The highest BCUT2D eigenvalue weighted by Crippen LogP contribution is 2.31. The maximum Gasteiger partial charge on any atom is 0.255 e. The van der Waals surface area contributed by atoms with E-state index in [1.54, 1.807) is 36.3 Å². The number of rotatable bonds is 8. The van der Waals surface area contributed by atoms with Gasteiger partial charge in [0.2, 0.25) is 0 Å². The number of para-hydroxylation sites is 2. The molecular weight excluding hydrogens is 416 g/mol. The SMILES string of the molecule is COc1ccccc1-c1nn(-c2ccccc2)cc1C(=O)NCCNc1ncccc1C#N. The normalized spacial score (nSPS) is 10.3. The Kier molecular flexibility index (Phi) is 6.61. The first-order valence-corrected chi connectivity index (χ1v) is 10.4. The summed E-state index contributed by atoms with van der Waals surface area (Å²) in [6.07, 6.45) is 3.33. The second-order valence-electron chi connectivity index (χ2n) is 7.07. The topological polar surface area (TPSA) is 105 Å². The molecule has 33 heavy (non-hydrogen) atoms. The van der Waals surface area contributed by atoms with Crippen LogP contribution in [-0.4, -0.2) is 40.9 Å². The summed E-state index contributed by atoms with van der Waals surface area (Å²) in [5, 5.41) is 19.9. The fourth-order valence-electron chi connectivity index (χ4n) is 3.38. The highest BCUT2D eigenvalue weighted by atomic mass is 16.5. The van der Waals surface area contributed by atoms with Gasteiger partial charge >= 0.3 is 0 Å². The Morgan fingerprint density at radius 1 is 1.06 bits per heavy atom.